The number of rotatable bonds is 4. The fourth-order valence-electron chi connectivity index (χ4n) is 2.40. The Morgan fingerprint density at radius 2 is 2.00 bits per heavy atom. The van der Waals surface area contributed by atoms with Crippen LogP contribution in [0.3, 0.4) is 0 Å². The van der Waals surface area contributed by atoms with E-state index in [2.05, 4.69) is 0 Å². The van der Waals surface area contributed by atoms with Crippen LogP contribution >= 0.6 is 0 Å². The van der Waals surface area contributed by atoms with Crippen molar-refractivity contribution in [1.29, 1.82) is 0 Å². The summed E-state index contributed by atoms with van der Waals surface area (Å²) in [4.78, 5) is 24.7. The van der Waals surface area contributed by atoms with E-state index in [-0.39, 0.29) is 11.7 Å². The van der Waals surface area contributed by atoms with Gasteiger partial charge in [0.15, 0.2) is 0 Å². The zero-order valence-electron chi connectivity index (χ0n) is 12.2. The van der Waals surface area contributed by atoms with E-state index in [0.29, 0.717) is 38.5 Å². The molecule has 0 bridgehead atoms. The number of nitrogens with zero attached hydrogens (tertiary/aromatic N) is 1. The van der Waals surface area contributed by atoms with Crippen LogP contribution in [0.25, 0.3) is 0 Å². The zero-order valence-corrected chi connectivity index (χ0v) is 12.2. The zero-order chi connectivity index (χ0) is 15.4. The van der Waals surface area contributed by atoms with Gasteiger partial charge in [0.05, 0.1) is 13.2 Å². The third kappa shape index (κ3) is 3.26. The number of carboxylic acid groups (broad SMARTS) is 1. The average Bonchev–Trinajstić information content (AvgIpc) is 2.46. The van der Waals surface area contributed by atoms with Gasteiger partial charge in [0.2, 0.25) is 0 Å². The van der Waals surface area contributed by atoms with Gasteiger partial charge in [0.25, 0.3) is 0 Å². The minimum absolute atomic E-state index is 0.167. The fourth-order valence-corrected chi connectivity index (χ4v) is 2.40. The Balaban J connectivity index is 2.29. The maximum Gasteiger partial charge on any atom is 0.410 e. The number of amides is 1. The van der Waals surface area contributed by atoms with Gasteiger partial charge in [-0.05, 0) is 43.5 Å². The Labute approximate surface area is 123 Å². The molecule has 1 aliphatic rings. The first-order chi connectivity index (χ1) is 10.1. The summed E-state index contributed by atoms with van der Waals surface area (Å²) in [6, 6.07) is 3.36. The van der Waals surface area contributed by atoms with Gasteiger partial charge in [0.1, 0.15) is 11.3 Å². The summed E-state index contributed by atoms with van der Waals surface area (Å²) in [6.07, 6.45) is 0.268. The lowest BCUT2D eigenvalue weighted by Gasteiger charge is -2.28. The van der Waals surface area contributed by atoms with Crippen LogP contribution in [0.2, 0.25) is 0 Å². The van der Waals surface area contributed by atoms with Crippen molar-refractivity contribution in [3.63, 3.8) is 0 Å². The van der Waals surface area contributed by atoms with Gasteiger partial charge in [-0.2, -0.15) is 0 Å². The van der Waals surface area contributed by atoms with E-state index in [1.54, 1.807) is 30.9 Å². The summed E-state index contributed by atoms with van der Waals surface area (Å²) in [7, 11) is 0. The molecule has 1 N–H and O–H groups in total. The minimum atomic E-state index is -1.01. The second kappa shape index (κ2) is 6.47. The third-order valence-corrected chi connectivity index (χ3v) is 3.37. The van der Waals surface area contributed by atoms with Gasteiger partial charge < -0.3 is 19.5 Å². The number of hydrogen-bond donors (Lipinski definition) is 1. The van der Waals surface area contributed by atoms with Crippen molar-refractivity contribution >= 4 is 12.1 Å². The van der Waals surface area contributed by atoms with E-state index in [9.17, 15) is 14.7 Å². The Morgan fingerprint density at radius 1 is 1.24 bits per heavy atom. The summed E-state index contributed by atoms with van der Waals surface area (Å²) in [5.74, 6) is -0.663. The summed E-state index contributed by atoms with van der Waals surface area (Å²) in [6.45, 7) is 5.23. The summed E-state index contributed by atoms with van der Waals surface area (Å²) in [5.41, 5.74) is 2.01. The average molecular weight is 293 g/mol. The van der Waals surface area contributed by atoms with Crippen LogP contribution < -0.4 is 4.74 Å². The SMILES string of the molecule is CCOC(=O)N1CCc2cc(C(=O)O)c(OCC)cc2C1. The van der Waals surface area contributed by atoms with Crippen molar-refractivity contribution in [2.45, 2.75) is 26.8 Å². The molecule has 21 heavy (non-hydrogen) atoms. The Hall–Kier alpha value is -2.24. The molecule has 0 unspecified atom stereocenters. The molecule has 0 saturated heterocycles. The molecule has 0 aliphatic carbocycles. The van der Waals surface area contributed by atoms with Crippen molar-refractivity contribution in [2.24, 2.45) is 0 Å². The van der Waals surface area contributed by atoms with Gasteiger partial charge in [-0.25, -0.2) is 9.59 Å². The van der Waals surface area contributed by atoms with Gasteiger partial charge >= 0.3 is 12.1 Å². The quantitative estimate of drug-likeness (QED) is 0.921. The van der Waals surface area contributed by atoms with E-state index >= 15 is 0 Å². The number of carboxylic acids is 1. The molecule has 0 radical (unpaired) electrons. The van der Waals surface area contributed by atoms with E-state index in [0.717, 1.165) is 11.1 Å². The topological polar surface area (TPSA) is 76.1 Å². The van der Waals surface area contributed by atoms with Crippen LogP contribution in [-0.4, -0.2) is 41.8 Å². The standard InChI is InChI=1S/C15H19NO5/c1-3-20-13-8-11-9-16(15(19)21-4-2)6-5-10(11)7-12(13)14(17)18/h7-8H,3-6,9H2,1-2H3,(H,17,18). The first kappa shape index (κ1) is 15.2. The third-order valence-electron chi connectivity index (χ3n) is 3.37. The van der Waals surface area contributed by atoms with Gasteiger partial charge in [0, 0.05) is 13.1 Å². The first-order valence-electron chi connectivity index (χ1n) is 7.00. The Kier molecular flexibility index (Phi) is 4.67. The van der Waals surface area contributed by atoms with Crippen molar-refractivity contribution < 1.29 is 24.2 Å². The molecule has 0 spiro atoms. The van der Waals surface area contributed by atoms with Crippen LogP contribution in [-0.2, 0) is 17.7 Å². The molecule has 114 valence electrons. The largest absolute Gasteiger partial charge is 0.493 e. The molecule has 0 fully saturated rings. The molecule has 6 heteroatoms. The molecule has 0 atom stereocenters. The molecule has 1 aromatic carbocycles. The highest BCUT2D eigenvalue weighted by molar-refractivity contribution is 5.91. The first-order valence-corrected chi connectivity index (χ1v) is 7.00. The normalized spacial score (nSPS) is 13.5. The molecule has 6 nitrogen and oxygen atoms in total. The van der Waals surface area contributed by atoms with Gasteiger partial charge in [-0.1, -0.05) is 0 Å². The molecule has 1 aliphatic heterocycles. The number of benzene rings is 1. The van der Waals surface area contributed by atoms with Gasteiger partial charge in [-0.3, -0.25) is 0 Å². The summed E-state index contributed by atoms with van der Waals surface area (Å²) < 4.78 is 10.4. The summed E-state index contributed by atoms with van der Waals surface area (Å²) in [5, 5.41) is 9.24. The number of fused-ring (bicyclic) bond motifs is 1. The predicted octanol–water partition coefficient (Wildman–Crippen LogP) is 2.30. The summed E-state index contributed by atoms with van der Waals surface area (Å²) >= 11 is 0. The van der Waals surface area contributed by atoms with E-state index in [4.69, 9.17) is 9.47 Å². The van der Waals surface area contributed by atoms with Crippen molar-refractivity contribution in [2.75, 3.05) is 19.8 Å². The van der Waals surface area contributed by atoms with Gasteiger partial charge in [-0.15, -0.1) is 0 Å². The van der Waals surface area contributed by atoms with E-state index < -0.39 is 5.97 Å². The molecule has 0 aromatic heterocycles. The number of hydrogen-bond acceptors (Lipinski definition) is 4. The smallest absolute Gasteiger partial charge is 0.410 e. The lowest BCUT2D eigenvalue weighted by Crippen LogP contribution is -2.36. The molecular formula is C15H19NO5. The number of aromatic carboxylic acids is 1. The molecule has 0 saturated carbocycles. The highest BCUT2D eigenvalue weighted by atomic mass is 16.6. The van der Waals surface area contributed by atoms with Crippen LogP contribution in [0.1, 0.15) is 35.3 Å². The number of carbonyl (C=O) groups excluding carboxylic acids is 1. The van der Waals surface area contributed by atoms with Crippen LogP contribution in [0.4, 0.5) is 4.79 Å². The molecule has 1 aromatic rings. The van der Waals surface area contributed by atoms with Crippen molar-refractivity contribution in [1.82, 2.24) is 4.90 Å². The van der Waals surface area contributed by atoms with E-state index in [1.165, 1.54) is 0 Å². The van der Waals surface area contributed by atoms with Crippen LogP contribution in [0, 0.1) is 0 Å². The molecular weight excluding hydrogens is 274 g/mol. The Morgan fingerprint density at radius 3 is 2.62 bits per heavy atom. The Bertz CT molecular complexity index is 555. The van der Waals surface area contributed by atoms with Crippen molar-refractivity contribution in [3.05, 3.63) is 28.8 Å². The maximum atomic E-state index is 11.8. The highest BCUT2D eigenvalue weighted by Crippen LogP contribution is 2.28. The molecule has 1 amide bonds. The number of carbonyl (C=O) groups is 2. The molecule has 2 rings (SSSR count). The monoisotopic (exact) mass is 293 g/mol. The lowest BCUT2D eigenvalue weighted by atomic mass is 9.96. The maximum absolute atomic E-state index is 11.8. The minimum Gasteiger partial charge on any atom is -0.493 e. The van der Waals surface area contributed by atoms with Crippen LogP contribution in [0.15, 0.2) is 12.1 Å². The fraction of sp³-hybridized carbons (Fsp3) is 0.467. The van der Waals surface area contributed by atoms with Crippen LogP contribution in [0.5, 0.6) is 5.75 Å². The molecule has 1 heterocycles. The lowest BCUT2D eigenvalue weighted by molar-refractivity contribution is 0.0691. The highest BCUT2D eigenvalue weighted by Gasteiger charge is 2.24. The van der Waals surface area contributed by atoms with E-state index in [1.807, 2.05) is 0 Å². The predicted molar refractivity (Wildman–Crippen MR) is 75.7 cm³/mol. The van der Waals surface area contributed by atoms with Crippen molar-refractivity contribution in [3.8, 4) is 5.75 Å². The second-order valence-corrected chi connectivity index (χ2v) is 4.73. The second-order valence-electron chi connectivity index (χ2n) is 4.73. The number of ether oxygens (including phenoxy) is 2.